The van der Waals surface area contributed by atoms with Gasteiger partial charge in [-0.15, -0.1) is 0 Å². The minimum absolute atomic E-state index is 0.782. The van der Waals surface area contributed by atoms with E-state index in [0.717, 1.165) is 34.7 Å². The fourth-order valence-corrected chi connectivity index (χ4v) is 10.00. The van der Waals surface area contributed by atoms with Crippen molar-refractivity contribution in [1.29, 1.82) is 0 Å². The van der Waals surface area contributed by atoms with Gasteiger partial charge in [0.15, 0.2) is 0 Å². The minimum atomic E-state index is 0.782. The molecule has 0 bridgehead atoms. The van der Waals surface area contributed by atoms with Gasteiger partial charge < -0.3 is 0 Å². The molecule has 0 saturated carbocycles. The summed E-state index contributed by atoms with van der Waals surface area (Å²) < 4.78 is 3.53. The van der Waals surface area contributed by atoms with E-state index in [2.05, 4.69) is 20.8 Å². The zero-order valence-corrected chi connectivity index (χ0v) is 11.8. The fourth-order valence-electron chi connectivity index (χ4n) is 1.38. The van der Waals surface area contributed by atoms with Gasteiger partial charge in [0, 0.05) is 0 Å². The van der Waals surface area contributed by atoms with Crippen LogP contribution in [0, 0.1) is 13.8 Å². The van der Waals surface area contributed by atoms with E-state index in [0.29, 0.717) is 0 Å². The Morgan fingerprint density at radius 2 is 1.92 bits per heavy atom. The normalized spacial score (nSPS) is 22.4. The maximum absolute atomic E-state index is 2.41. The van der Waals surface area contributed by atoms with Gasteiger partial charge in [-0.1, -0.05) is 0 Å². The van der Waals surface area contributed by atoms with Crippen molar-refractivity contribution < 1.29 is 0 Å². The van der Waals surface area contributed by atoms with Crippen LogP contribution >= 0.6 is 11.3 Å². The van der Waals surface area contributed by atoms with Crippen molar-refractivity contribution in [3.05, 3.63) is 9.75 Å². The van der Waals surface area contributed by atoms with E-state index in [9.17, 15) is 0 Å². The van der Waals surface area contributed by atoms with Crippen LogP contribution < -0.4 is 8.92 Å². The van der Waals surface area contributed by atoms with Crippen molar-refractivity contribution in [2.45, 2.75) is 30.9 Å². The molecule has 1 aromatic rings. The standard InChI is InChI=1S/C9H12SSe2/c1-5-4-11-8-6(2)10-7(3)9(8)12-5/h5H,4H2,1-3H3. The number of aryl methyl sites for hydroxylation is 2. The van der Waals surface area contributed by atoms with Crippen molar-refractivity contribution in [3.63, 3.8) is 0 Å². The Hall–Kier alpha value is 0.739. The summed E-state index contributed by atoms with van der Waals surface area (Å²) in [5.74, 6) is 0. The van der Waals surface area contributed by atoms with Crippen molar-refractivity contribution in [2.24, 2.45) is 0 Å². The summed E-state index contributed by atoms with van der Waals surface area (Å²) in [7, 11) is 0. The quantitative estimate of drug-likeness (QED) is 0.633. The predicted molar refractivity (Wildman–Crippen MR) is 58.8 cm³/mol. The van der Waals surface area contributed by atoms with Crippen LogP contribution in [-0.2, 0) is 0 Å². The Bertz CT molecular complexity index is 304. The molecule has 0 saturated heterocycles. The molecule has 1 aromatic heterocycles. The van der Waals surface area contributed by atoms with Crippen molar-refractivity contribution in [3.8, 4) is 0 Å². The van der Waals surface area contributed by atoms with Gasteiger partial charge >= 0.3 is 90.8 Å². The molecule has 3 heteroatoms. The molecule has 0 fully saturated rings. The molecule has 0 amide bonds. The number of hydrogen-bond donors (Lipinski definition) is 0. The summed E-state index contributed by atoms with van der Waals surface area (Å²) in [5, 5.41) is 1.48. The molecule has 0 aromatic carbocycles. The number of fused-ring (bicyclic) bond motifs is 1. The summed E-state index contributed by atoms with van der Waals surface area (Å²) in [6.07, 6.45) is 0. The van der Waals surface area contributed by atoms with E-state index >= 15 is 0 Å². The Labute approximate surface area is 90.5 Å². The number of thiophene rings is 1. The van der Waals surface area contributed by atoms with Gasteiger partial charge in [0.2, 0.25) is 0 Å². The summed E-state index contributed by atoms with van der Waals surface area (Å²) >= 11 is 3.60. The van der Waals surface area contributed by atoms with Crippen LogP contribution in [0.5, 0.6) is 0 Å². The zero-order chi connectivity index (χ0) is 8.72. The summed E-state index contributed by atoms with van der Waals surface area (Å²) in [5.41, 5.74) is 0. The molecular formula is C9H12SSe2. The van der Waals surface area contributed by atoms with Gasteiger partial charge in [-0.2, -0.15) is 0 Å². The monoisotopic (exact) mass is 312 g/mol. The average molecular weight is 310 g/mol. The molecule has 0 spiro atoms. The van der Waals surface area contributed by atoms with Gasteiger partial charge in [0.1, 0.15) is 0 Å². The predicted octanol–water partition coefficient (Wildman–Crippen LogP) is 1.26. The Morgan fingerprint density at radius 3 is 2.67 bits per heavy atom. The van der Waals surface area contributed by atoms with Crippen LogP contribution in [0.4, 0.5) is 0 Å². The fraction of sp³-hybridized carbons (Fsp3) is 0.556. The first kappa shape index (κ1) is 9.30. The molecule has 1 atom stereocenters. The average Bonchev–Trinajstić information content (AvgIpc) is 2.28. The van der Waals surface area contributed by atoms with Crippen LogP contribution in [0.25, 0.3) is 0 Å². The molecule has 0 aliphatic carbocycles. The van der Waals surface area contributed by atoms with Crippen LogP contribution in [-0.4, -0.2) is 29.9 Å². The van der Waals surface area contributed by atoms with Crippen LogP contribution in [0.15, 0.2) is 0 Å². The van der Waals surface area contributed by atoms with E-state index in [4.69, 9.17) is 0 Å². The Morgan fingerprint density at radius 1 is 1.25 bits per heavy atom. The van der Waals surface area contributed by atoms with E-state index in [-0.39, 0.29) is 0 Å². The molecule has 1 aliphatic rings. The SMILES string of the molecule is Cc1sc(C)c2c1[Se]CC(C)[Se]2. The second-order valence-electron chi connectivity index (χ2n) is 3.11. The van der Waals surface area contributed by atoms with Crippen LogP contribution in [0.3, 0.4) is 0 Å². The molecule has 0 nitrogen and oxygen atoms in total. The second kappa shape index (κ2) is 3.47. The molecule has 2 heterocycles. The number of rotatable bonds is 0. The third-order valence-electron chi connectivity index (χ3n) is 1.93. The van der Waals surface area contributed by atoms with Crippen LogP contribution in [0.2, 0.25) is 10.1 Å². The first-order valence-electron chi connectivity index (χ1n) is 4.08. The topological polar surface area (TPSA) is 0 Å². The first-order valence-corrected chi connectivity index (χ1v) is 8.81. The summed E-state index contributed by atoms with van der Waals surface area (Å²) in [6.45, 7) is 7.01. The molecule has 1 unspecified atom stereocenters. The third kappa shape index (κ3) is 1.54. The first-order chi connectivity index (χ1) is 5.68. The zero-order valence-electron chi connectivity index (χ0n) is 7.51. The molecule has 66 valence electrons. The molecule has 2 rings (SSSR count). The molecular weight excluding hydrogens is 298 g/mol. The molecule has 1 aliphatic heterocycles. The van der Waals surface area contributed by atoms with Gasteiger partial charge in [0.05, 0.1) is 0 Å². The van der Waals surface area contributed by atoms with Gasteiger partial charge in [-0.25, -0.2) is 0 Å². The Balaban J connectivity index is 2.45. The van der Waals surface area contributed by atoms with Crippen molar-refractivity contribution in [1.82, 2.24) is 0 Å². The van der Waals surface area contributed by atoms with Crippen molar-refractivity contribution >= 4 is 50.2 Å². The maximum atomic E-state index is 2.41. The number of hydrogen-bond acceptors (Lipinski definition) is 1. The van der Waals surface area contributed by atoms with E-state index < -0.39 is 0 Å². The molecule has 0 N–H and O–H groups in total. The summed E-state index contributed by atoms with van der Waals surface area (Å²) in [6, 6.07) is 0. The van der Waals surface area contributed by atoms with Crippen LogP contribution in [0.1, 0.15) is 16.7 Å². The second-order valence-corrected chi connectivity index (χ2v) is 9.74. The van der Waals surface area contributed by atoms with E-state index in [1.807, 2.05) is 11.3 Å². The summed E-state index contributed by atoms with van der Waals surface area (Å²) in [4.78, 5) is 4.21. The molecule has 0 radical (unpaired) electrons. The third-order valence-corrected chi connectivity index (χ3v) is 11.1. The van der Waals surface area contributed by atoms with E-state index in [1.54, 1.807) is 18.7 Å². The molecule has 12 heavy (non-hydrogen) atoms. The van der Waals surface area contributed by atoms with Gasteiger partial charge in [-0.3, -0.25) is 0 Å². The van der Waals surface area contributed by atoms with Gasteiger partial charge in [0.25, 0.3) is 0 Å². The van der Waals surface area contributed by atoms with E-state index in [1.165, 1.54) is 5.32 Å². The Kier molecular flexibility index (Phi) is 2.69. The van der Waals surface area contributed by atoms with Gasteiger partial charge in [-0.05, 0) is 0 Å². The van der Waals surface area contributed by atoms with Crippen molar-refractivity contribution in [2.75, 3.05) is 0 Å².